The molecule has 2 bridgehead atoms. The van der Waals surface area contributed by atoms with Crippen molar-refractivity contribution in [2.45, 2.75) is 45.3 Å². The van der Waals surface area contributed by atoms with Crippen LogP contribution in [0.15, 0.2) is 54.7 Å². The van der Waals surface area contributed by atoms with Crippen LogP contribution in [-0.2, 0) is 16.1 Å². The summed E-state index contributed by atoms with van der Waals surface area (Å²) in [6.07, 6.45) is 3.92. The number of fused-ring (bicyclic) bond motifs is 2. The number of nitrogens with zero attached hydrogens (tertiary/aromatic N) is 4. The summed E-state index contributed by atoms with van der Waals surface area (Å²) in [5.74, 6) is 0.781. The molecule has 11 heteroatoms. The second kappa shape index (κ2) is 13.3. The first kappa shape index (κ1) is 32.5. The predicted molar refractivity (Wildman–Crippen MR) is 181 cm³/mol. The van der Waals surface area contributed by atoms with Crippen molar-refractivity contribution in [3.63, 3.8) is 0 Å². The molecule has 0 radical (unpaired) electrons. The number of piperazine rings is 1. The van der Waals surface area contributed by atoms with Crippen molar-refractivity contribution in [1.29, 1.82) is 0 Å². The maximum Gasteiger partial charge on any atom is 0.229 e. The summed E-state index contributed by atoms with van der Waals surface area (Å²) in [5, 5.41) is 10.1. The van der Waals surface area contributed by atoms with Crippen LogP contribution in [0.2, 0.25) is 5.02 Å². The average Bonchev–Trinajstić information content (AvgIpc) is 3.05. The molecule has 4 fully saturated rings. The fourth-order valence-electron chi connectivity index (χ4n) is 7.89. The fraction of sp³-hybridized carbons (Fsp3) is 0.514. The number of hydrogen-bond acceptors (Lipinski definition) is 8. The average molecular weight is 650 g/mol. The van der Waals surface area contributed by atoms with Crippen molar-refractivity contribution in [2.24, 2.45) is 23.2 Å². The minimum Gasteiger partial charge on any atom is -0.377 e. The molecule has 1 saturated heterocycles. The lowest BCUT2D eigenvalue weighted by atomic mass is 9.40. The van der Waals surface area contributed by atoms with E-state index in [9.17, 15) is 4.79 Å². The van der Waals surface area contributed by atoms with Crippen molar-refractivity contribution in [3.05, 3.63) is 71.1 Å². The first-order valence-electron chi connectivity index (χ1n) is 16.2. The number of carbonyl (C=O) groups is 1. The van der Waals surface area contributed by atoms with Gasteiger partial charge in [-0.15, -0.1) is 0 Å². The van der Waals surface area contributed by atoms with Crippen LogP contribution in [-0.4, -0.2) is 73.2 Å². The van der Waals surface area contributed by atoms with Crippen molar-refractivity contribution in [3.8, 4) is 0 Å². The molecule has 1 amide bonds. The molecule has 46 heavy (non-hydrogen) atoms. The molecule has 7 rings (SSSR count). The van der Waals surface area contributed by atoms with E-state index in [4.69, 9.17) is 21.3 Å². The molecule has 2 aromatic carbocycles. The summed E-state index contributed by atoms with van der Waals surface area (Å²) in [7, 11) is 3.77. The summed E-state index contributed by atoms with van der Waals surface area (Å²) in [4.78, 5) is 27.0. The predicted octanol–water partition coefficient (Wildman–Crippen LogP) is 5.95. The SMILES string of the molecule is CNC(=O)[C@H]1C[C@@H]2C[C@H](C2(C)C)[C@@]1(CCOCc1ccccc1)Nc1nc(Nc2ccc(N3CCN(C)CC3)c(F)c2)ncc1Cl. The second-order valence-corrected chi connectivity index (χ2v) is 14.0. The van der Waals surface area contributed by atoms with Gasteiger partial charge in [0.05, 0.1) is 29.9 Å². The van der Waals surface area contributed by atoms with E-state index in [1.807, 2.05) is 36.4 Å². The lowest BCUT2D eigenvalue weighted by molar-refractivity contribution is -0.162. The highest BCUT2D eigenvalue weighted by molar-refractivity contribution is 6.32. The van der Waals surface area contributed by atoms with Gasteiger partial charge in [0.1, 0.15) is 10.8 Å². The van der Waals surface area contributed by atoms with Gasteiger partial charge in [-0.25, -0.2) is 9.37 Å². The van der Waals surface area contributed by atoms with E-state index in [-0.39, 0.29) is 34.9 Å². The van der Waals surface area contributed by atoms with Crippen LogP contribution in [0.3, 0.4) is 0 Å². The van der Waals surface area contributed by atoms with Crippen molar-refractivity contribution in [1.82, 2.24) is 20.2 Å². The Morgan fingerprint density at radius 2 is 1.87 bits per heavy atom. The number of aromatic nitrogens is 2. The quantitative estimate of drug-likeness (QED) is 0.220. The number of amides is 1. The van der Waals surface area contributed by atoms with Gasteiger partial charge in [0, 0.05) is 45.5 Å². The minimum atomic E-state index is -0.652. The van der Waals surface area contributed by atoms with E-state index in [0.29, 0.717) is 47.8 Å². The largest absolute Gasteiger partial charge is 0.377 e. The highest BCUT2D eigenvalue weighted by Crippen LogP contribution is 2.66. The summed E-state index contributed by atoms with van der Waals surface area (Å²) >= 11 is 6.74. The molecule has 2 heterocycles. The Balaban J connectivity index is 1.25. The molecule has 1 aliphatic heterocycles. The number of ether oxygens (including phenoxy) is 1. The van der Waals surface area contributed by atoms with Crippen LogP contribution in [0.4, 0.5) is 27.5 Å². The molecule has 4 atom stereocenters. The Morgan fingerprint density at radius 1 is 1.11 bits per heavy atom. The van der Waals surface area contributed by atoms with Crippen LogP contribution in [0, 0.1) is 29.0 Å². The molecule has 246 valence electrons. The van der Waals surface area contributed by atoms with Gasteiger partial charge < -0.3 is 30.5 Å². The van der Waals surface area contributed by atoms with Crippen LogP contribution >= 0.6 is 11.6 Å². The van der Waals surface area contributed by atoms with E-state index >= 15 is 4.39 Å². The zero-order valence-electron chi connectivity index (χ0n) is 27.2. The first-order valence-corrected chi connectivity index (χ1v) is 16.6. The third-order valence-electron chi connectivity index (χ3n) is 10.7. The number of likely N-dealkylation sites (N-methyl/N-ethyl adjacent to an activating group) is 1. The Labute approximate surface area is 276 Å². The van der Waals surface area contributed by atoms with Gasteiger partial charge in [-0.1, -0.05) is 55.8 Å². The van der Waals surface area contributed by atoms with Gasteiger partial charge in [0.25, 0.3) is 0 Å². The molecular weight excluding hydrogens is 605 g/mol. The lowest BCUT2D eigenvalue weighted by Crippen LogP contribution is -2.71. The molecule has 3 aliphatic carbocycles. The standard InChI is InChI=1S/C35H45ClFN7O2/c1-34(2)24-18-26(32(45)38-3)35(30(34)19-24,12-17-46-22-23-8-6-5-7-9-23)42-31-27(36)21-39-33(41-31)40-25-10-11-29(28(37)20-25)44-15-13-43(4)14-16-44/h5-11,20-21,24,26,30H,12-19,22H2,1-4H3,(H,38,45)(H2,39,40,41,42)/t24-,26-,30-,35+/m1/s1. The van der Waals surface area contributed by atoms with Gasteiger partial charge in [0.2, 0.25) is 11.9 Å². The third-order valence-corrected chi connectivity index (χ3v) is 11.0. The Hall–Kier alpha value is -3.47. The van der Waals surface area contributed by atoms with Gasteiger partial charge in [-0.2, -0.15) is 4.98 Å². The highest BCUT2D eigenvalue weighted by Gasteiger charge is 2.66. The topological polar surface area (TPSA) is 94.6 Å². The van der Waals surface area contributed by atoms with Crippen molar-refractivity contribution >= 4 is 40.6 Å². The van der Waals surface area contributed by atoms with Crippen LogP contribution in [0.5, 0.6) is 0 Å². The number of rotatable bonds is 11. The summed E-state index contributed by atoms with van der Waals surface area (Å²) in [6.45, 7) is 8.89. The molecule has 1 aromatic heterocycles. The molecule has 3 saturated carbocycles. The zero-order valence-corrected chi connectivity index (χ0v) is 27.9. The van der Waals surface area contributed by atoms with Crippen LogP contribution < -0.4 is 20.9 Å². The van der Waals surface area contributed by atoms with Crippen LogP contribution in [0.1, 0.15) is 38.7 Å². The van der Waals surface area contributed by atoms with E-state index in [2.05, 4.69) is 51.6 Å². The van der Waals surface area contributed by atoms with E-state index in [0.717, 1.165) is 44.6 Å². The number of anilines is 4. The van der Waals surface area contributed by atoms with Gasteiger partial charge >= 0.3 is 0 Å². The number of halogens is 2. The number of nitrogens with one attached hydrogen (secondary N) is 3. The molecule has 9 nitrogen and oxygen atoms in total. The molecule has 0 unspecified atom stereocenters. The fourth-order valence-corrected chi connectivity index (χ4v) is 8.02. The number of hydrogen-bond donors (Lipinski definition) is 3. The van der Waals surface area contributed by atoms with Crippen molar-refractivity contribution < 1.29 is 13.9 Å². The van der Waals surface area contributed by atoms with E-state index in [1.54, 1.807) is 19.3 Å². The molecule has 4 aliphatic rings. The van der Waals surface area contributed by atoms with Gasteiger partial charge in [0.15, 0.2) is 5.82 Å². The summed E-state index contributed by atoms with van der Waals surface area (Å²) < 4.78 is 21.4. The minimum absolute atomic E-state index is 0.000187. The first-order chi connectivity index (χ1) is 22.1. The molecular formula is C35H45ClFN7O2. The van der Waals surface area contributed by atoms with Crippen LogP contribution in [0.25, 0.3) is 0 Å². The van der Waals surface area contributed by atoms with E-state index < -0.39 is 5.54 Å². The second-order valence-electron chi connectivity index (χ2n) is 13.6. The number of benzene rings is 2. The van der Waals surface area contributed by atoms with Gasteiger partial charge in [-0.3, -0.25) is 4.79 Å². The maximum atomic E-state index is 15.2. The molecule has 0 spiro atoms. The van der Waals surface area contributed by atoms with Gasteiger partial charge in [-0.05, 0) is 67.3 Å². The Bertz CT molecular complexity index is 1530. The third kappa shape index (κ3) is 6.39. The zero-order chi connectivity index (χ0) is 32.5. The van der Waals surface area contributed by atoms with Crippen molar-refractivity contribution in [2.75, 3.05) is 62.4 Å². The Kier molecular flexibility index (Phi) is 9.41. The highest BCUT2D eigenvalue weighted by atomic mass is 35.5. The normalized spacial score (nSPS) is 25.4. The smallest absolute Gasteiger partial charge is 0.229 e. The van der Waals surface area contributed by atoms with E-state index in [1.165, 1.54) is 6.07 Å². The molecule has 3 aromatic rings. The summed E-state index contributed by atoms with van der Waals surface area (Å²) in [5.41, 5.74) is 1.61. The molecule has 3 N–H and O–H groups in total. The number of carbonyl (C=O) groups excluding carboxylic acids is 1. The monoisotopic (exact) mass is 649 g/mol. The maximum absolute atomic E-state index is 15.2. The Morgan fingerprint density at radius 3 is 2.57 bits per heavy atom. The lowest BCUT2D eigenvalue weighted by Gasteiger charge is -2.67. The summed E-state index contributed by atoms with van der Waals surface area (Å²) in [6, 6.07) is 15.2.